The molecule has 2 nitrogen and oxygen atoms in total. The summed E-state index contributed by atoms with van der Waals surface area (Å²) in [5, 5.41) is 2.96. The highest BCUT2D eigenvalue weighted by Gasteiger charge is 2.17. The molecule has 1 aliphatic carbocycles. The van der Waals surface area contributed by atoms with E-state index < -0.39 is 0 Å². The molecule has 0 saturated heterocycles. The van der Waals surface area contributed by atoms with Gasteiger partial charge in [-0.1, -0.05) is 0 Å². The van der Waals surface area contributed by atoms with Crippen molar-refractivity contribution in [1.29, 1.82) is 0 Å². The quantitative estimate of drug-likeness (QED) is 0.762. The van der Waals surface area contributed by atoms with Crippen LogP contribution in [0.4, 0.5) is 5.69 Å². The largest absolute Gasteiger partial charge is 0.321 e. The number of nitrogens with one attached hydrogen (secondary N) is 1. The first kappa shape index (κ1) is 13.1. The van der Waals surface area contributed by atoms with Gasteiger partial charge in [-0.2, -0.15) is 0 Å². The maximum absolute atomic E-state index is 12.2. The molecule has 1 aromatic heterocycles. The van der Waals surface area contributed by atoms with Crippen molar-refractivity contribution in [3.05, 3.63) is 49.2 Å². The first-order valence-electron chi connectivity index (χ1n) is 6.41. The summed E-state index contributed by atoms with van der Waals surface area (Å²) >= 11 is 3.91. The molecule has 0 atom stereocenters. The molecule has 2 aromatic rings. The van der Waals surface area contributed by atoms with Gasteiger partial charge in [0.05, 0.1) is 4.88 Å². The molecule has 3 rings (SSSR count). The van der Waals surface area contributed by atoms with E-state index >= 15 is 0 Å². The lowest BCUT2D eigenvalue weighted by atomic mass is 9.99. The Kier molecular flexibility index (Phi) is 3.88. The highest BCUT2D eigenvalue weighted by Crippen LogP contribution is 2.30. The molecule has 0 radical (unpaired) electrons. The van der Waals surface area contributed by atoms with Crippen LogP contribution < -0.4 is 5.32 Å². The SMILES string of the molecule is O=C(Nc1ccc(I)cc1)c1cc2c(s1)CCCC2. The Balaban J connectivity index is 1.76. The number of amides is 1. The summed E-state index contributed by atoms with van der Waals surface area (Å²) in [6, 6.07) is 9.94. The summed E-state index contributed by atoms with van der Waals surface area (Å²) in [6.45, 7) is 0. The lowest BCUT2D eigenvalue weighted by Crippen LogP contribution is -2.09. The first-order valence-corrected chi connectivity index (χ1v) is 8.30. The zero-order valence-electron chi connectivity index (χ0n) is 10.4. The van der Waals surface area contributed by atoms with Gasteiger partial charge in [0.2, 0.25) is 0 Å². The molecule has 98 valence electrons. The number of hydrogen-bond acceptors (Lipinski definition) is 2. The Labute approximate surface area is 130 Å². The van der Waals surface area contributed by atoms with E-state index in [2.05, 4.69) is 34.0 Å². The normalized spacial score (nSPS) is 13.9. The second-order valence-electron chi connectivity index (χ2n) is 4.73. The van der Waals surface area contributed by atoms with E-state index in [4.69, 9.17) is 0 Å². The molecule has 0 unspecified atom stereocenters. The Hall–Kier alpha value is -0.880. The number of benzene rings is 1. The molecule has 0 bridgehead atoms. The number of hydrogen-bond donors (Lipinski definition) is 1. The minimum absolute atomic E-state index is 0.0145. The average Bonchev–Trinajstić information content (AvgIpc) is 2.85. The van der Waals surface area contributed by atoms with Crippen LogP contribution >= 0.6 is 33.9 Å². The standard InChI is InChI=1S/C15H14INOS/c16-11-5-7-12(8-6-11)17-15(18)14-9-10-3-1-2-4-13(10)19-14/h5-9H,1-4H2,(H,17,18). The predicted octanol–water partition coefficient (Wildman–Crippen LogP) is 4.48. The van der Waals surface area contributed by atoms with E-state index in [-0.39, 0.29) is 5.91 Å². The molecular weight excluding hydrogens is 369 g/mol. The van der Waals surface area contributed by atoms with Gasteiger partial charge < -0.3 is 5.32 Å². The third-order valence-corrected chi connectivity index (χ3v) is 5.28. The topological polar surface area (TPSA) is 29.1 Å². The molecule has 1 heterocycles. The fraction of sp³-hybridized carbons (Fsp3) is 0.267. The molecule has 19 heavy (non-hydrogen) atoms. The van der Waals surface area contributed by atoms with Crippen molar-refractivity contribution >= 4 is 45.5 Å². The summed E-state index contributed by atoms with van der Waals surface area (Å²) in [5.41, 5.74) is 2.24. The van der Waals surface area contributed by atoms with Crippen LogP contribution in [-0.4, -0.2) is 5.91 Å². The van der Waals surface area contributed by atoms with Crippen LogP contribution in [-0.2, 0) is 12.8 Å². The summed E-state index contributed by atoms with van der Waals surface area (Å²) < 4.78 is 1.17. The summed E-state index contributed by atoms with van der Waals surface area (Å²) in [5.74, 6) is 0.0145. The zero-order chi connectivity index (χ0) is 13.2. The zero-order valence-corrected chi connectivity index (χ0v) is 13.4. The van der Waals surface area contributed by atoms with Gasteiger partial charge in [-0.05, 0) is 84.2 Å². The number of carbonyl (C=O) groups is 1. The second kappa shape index (κ2) is 5.63. The highest BCUT2D eigenvalue weighted by atomic mass is 127. The van der Waals surface area contributed by atoms with Gasteiger partial charge in [0.15, 0.2) is 0 Å². The smallest absolute Gasteiger partial charge is 0.265 e. The first-order chi connectivity index (χ1) is 9.22. The lowest BCUT2D eigenvalue weighted by molar-refractivity contribution is 0.103. The number of thiophene rings is 1. The molecule has 1 amide bonds. The van der Waals surface area contributed by atoms with Crippen molar-refractivity contribution < 1.29 is 4.79 Å². The molecule has 0 spiro atoms. The molecule has 1 aromatic carbocycles. The van der Waals surface area contributed by atoms with Crippen molar-refractivity contribution in [2.24, 2.45) is 0 Å². The molecular formula is C15H14INOS. The van der Waals surface area contributed by atoms with Crippen LogP contribution in [0.25, 0.3) is 0 Å². The van der Waals surface area contributed by atoms with E-state index in [9.17, 15) is 4.79 Å². The fourth-order valence-electron chi connectivity index (χ4n) is 2.33. The van der Waals surface area contributed by atoms with Crippen molar-refractivity contribution in [3.63, 3.8) is 0 Å². The van der Waals surface area contributed by atoms with Crippen LogP contribution in [0.15, 0.2) is 30.3 Å². The van der Waals surface area contributed by atoms with Crippen LogP contribution in [0.5, 0.6) is 0 Å². The number of halogens is 1. The molecule has 1 N–H and O–H groups in total. The van der Waals surface area contributed by atoms with Crippen molar-refractivity contribution in [1.82, 2.24) is 0 Å². The third-order valence-electron chi connectivity index (χ3n) is 3.32. The van der Waals surface area contributed by atoms with E-state index in [1.807, 2.05) is 24.3 Å². The minimum Gasteiger partial charge on any atom is -0.321 e. The lowest BCUT2D eigenvalue weighted by Gasteiger charge is -2.08. The molecule has 1 aliphatic rings. The van der Waals surface area contributed by atoms with Gasteiger partial charge >= 0.3 is 0 Å². The second-order valence-corrected chi connectivity index (χ2v) is 7.11. The number of carbonyl (C=O) groups excluding carboxylic acids is 1. The van der Waals surface area contributed by atoms with Gasteiger partial charge in [0.1, 0.15) is 0 Å². The summed E-state index contributed by atoms with van der Waals surface area (Å²) in [6.07, 6.45) is 4.77. The maximum Gasteiger partial charge on any atom is 0.265 e. The number of fused-ring (bicyclic) bond motifs is 1. The van der Waals surface area contributed by atoms with Crippen LogP contribution in [0.3, 0.4) is 0 Å². The number of aryl methyl sites for hydroxylation is 2. The summed E-state index contributed by atoms with van der Waals surface area (Å²) in [7, 11) is 0. The number of rotatable bonds is 2. The maximum atomic E-state index is 12.2. The van der Waals surface area contributed by atoms with Gasteiger partial charge in [-0.15, -0.1) is 11.3 Å². The van der Waals surface area contributed by atoms with Crippen LogP contribution in [0.2, 0.25) is 0 Å². The van der Waals surface area contributed by atoms with Gasteiger partial charge in [-0.25, -0.2) is 0 Å². The van der Waals surface area contributed by atoms with Crippen molar-refractivity contribution in [2.45, 2.75) is 25.7 Å². The predicted molar refractivity (Wildman–Crippen MR) is 88.1 cm³/mol. The average molecular weight is 383 g/mol. The Morgan fingerprint density at radius 2 is 1.89 bits per heavy atom. The summed E-state index contributed by atoms with van der Waals surface area (Å²) in [4.78, 5) is 14.5. The minimum atomic E-state index is 0.0145. The molecule has 0 fully saturated rings. The van der Waals surface area contributed by atoms with Gasteiger partial charge in [0.25, 0.3) is 5.91 Å². The van der Waals surface area contributed by atoms with Gasteiger partial charge in [0, 0.05) is 14.1 Å². The fourth-order valence-corrected chi connectivity index (χ4v) is 3.84. The van der Waals surface area contributed by atoms with Crippen LogP contribution in [0, 0.1) is 3.57 Å². The van der Waals surface area contributed by atoms with Crippen LogP contribution in [0.1, 0.15) is 33.0 Å². The Morgan fingerprint density at radius 3 is 2.63 bits per heavy atom. The number of anilines is 1. The Morgan fingerprint density at radius 1 is 1.16 bits per heavy atom. The van der Waals surface area contributed by atoms with Gasteiger partial charge in [-0.3, -0.25) is 4.79 Å². The van der Waals surface area contributed by atoms with E-state index in [0.29, 0.717) is 0 Å². The molecule has 0 aliphatic heterocycles. The van der Waals surface area contributed by atoms with E-state index in [1.165, 1.54) is 26.9 Å². The molecule has 0 saturated carbocycles. The third kappa shape index (κ3) is 3.00. The highest BCUT2D eigenvalue weighted by molar-refractivity contribution is 14.1. The van der Waals surface area contributed by atoms with E-state index in [1.54, 1.807) is 11.3 Å². The van der Waals surface area contributed by atoms with Crippen molar-refractivity contribution in [3.8, 4) is 0 Å². The molecule has 4 heteroatoms. The van der Waals surface area contributed by atoms with Crippen molar-refractivity contribution in [2.75, 3.05) is 5.32 Å². The monoisotopic (exact) mass is 383 g/mol. The van der Waals surface area contributed by atoms with E-state index in [0.717, 1.165) is 23.4 Å². The Bertz CT molecular complexity index is 580.